The van der Waals surface area contributed by atoms with E-state index in [1.54, 1.807) is 12.1 Å². The molecule has 0 aromatic rings. The van der Waals surface area contributed by atoms with Gasteiger partial charge in [0.25, 0.3) is 0 Å². The minimum Gasteiger partial charge on any atom is -0.200 e. The van der Waals surface area contributed by atoms with Gasteiger partial charge in [0.05, 0.1) is 12.1 Å². The van der Waals surface area contributed by atoms with E-state index in [4.69, 9.17) is 10.5 Å². The van der Waals surface area contributed by atoms with Crippen molar-refractivity contribution in [2.75, 3.05) is 18.5 Å². The molecule has 0 saturated carbocycles. The van der Waals surface area contributed by atoms with Crippen LogP contribution in [0.1, 0.15) is 25.7 Å². The summed E-state index contributed by atoms with van der Waals surface area (Å²) in [5, 5.41) is 16.9. The molecular formula is C13H14F9N2P. The third kappa shape index (κ3) is 5.91. The Hall–Kier alpha value is -1.22. The zero-order valence-corrected chi connectivity index (χ0v) is 13.6. The third-order valence-corrected chi connectivity index (χ3v) is 5.92. The van der Waals surface area contributed by atoms with Crippen molar-refractivity contribution in [2.24, 2.45) is 0 Å². The molecule has 144 valence electrons. The molecule has 0 rings (SSSR count). The van der Waals surface area contributed by atoms with E-state index in [1.165, 1.54) is 0 Å². The Labute approximate surface area is 139 Å². The highest BCUT2D eigenvalue weighted by Crippen LogP contribution is 2.54. The summed E-state index contributed by atoms with van der Waals surface area (Å²) >= 11 is 0. The molecular weight excluding hydrogens is 386 g/mol. The van der Waals surface area contributed by atoms with Crippen LogP contribution in [0.3, 0.4) is 0 Å². The molecule has 0 unspecified atom stereocenters. The summed E-state index contributed by atoms with van der Waals surface area (Å²) in [5.41, 5.74) is 0. The summed E-state index contributed by atoms with van der Waals surface area (Å²) < 4.78 is 114. The summed E-state index contributed by atoms with van der Waals surface area (Å²) in [6.45, 7) is 0. The quantitative estimate of drug-likeness (QED) is 0.357. The maximum absolute atomic E-state index is 13.4. The number of rotatable bonds is 10. The Morgan fingerprint density at radius 1 is 0.680 bits per heavy atom. The van der Waals surface area contributed by atoms with E-state index in [-0.39, 0.29) is 31.3 Å². The largest absolute Gasteiger partial charge is 0.460 e. The van der Waals surface area contributed by atoms with Gasteiger partial charge in [-0.2, -0.15) is 50.0 Å². The minimum absolute atomic E-state index is 0.0375. The first-order chi connectivity index (χ1) is 11.2. The Kier molecular flexibility index (Phi) is 8.50. The van der Waals surface area contributed by atoms with Crippen molar-refractivity contribution < 1.29 is 39.5 Å². The van der Waals surface area contributed by atoms with Crippen LogP contribution in [0.5, 0.6) is 0 Å². The van der Waals surface area contributed by atoms with Crippen LogP contribution in [-0.2, 0) is 0 Å². The van der Waals surface area contributed by atoms with Crippen molar-refractivity contribution in [1.29, 1.82) is 10.5 Å². The summed E-state index contributed by atoms with van der Waals surface area (Å²) in [5.74, 6) is -19.0. The van der Waals surface area contributed by atoms with Gasteiger partial charge < -0.3 is 0 Å². The summed E-state index contributed by atoms with van der Waals surface area (Å²) in [6, 6.07) is 3.57. The number of nitrogens with zero attached hydrogens (tertiary/aromatic N) is 2. The zero-order chi connectivity index (χ0) is 19.9. The summed E-state index contributed by atoms with van der Waals surface area (Å²) in [6.07, 6.45) is -8.97. The lowest BCUT2D eigenvalue weighted by Gasteiger charge is -2.33. The molecule has 0 fully saturated rings. The summed E-state index contributed by atoms with van der Waals surface area (Å²) in [4.78, 5) is 0. The zero-order valence-electron chi connectivity index (χ0n) is 12.7. The van der Waals surface area contributed by atoms with Crippen molar-refractivity contribution in [3.63, 3.8) is 0 Å². The first kappa shape index (κ1) is 23.8. The molecule has 0 N–H and O–H groups in total. The van der Waals surface area contributed by atoms with Gasteiger partial charge in [-0.3, -0.25) is 0 Å². The fourth-order valence-corrected chi connectivity index (χ4v) is 3.95. The normalized spacial score (nSPS) is 13.6. The monoisotopic (exact) mass is 400 g/mol. The molecule has 2 nitrogen and oxygen atoms in total. The van der Waals surface area contributed by atoms with E-state index in [2.05, 4.69) is 0 Å². The molecule has 0 saturated heterocycles. The molecule has 0 aliphatic heterocycles. The van der Waals surface area contributed by atoms with Gasteiger partial charge in [-0.05, 0) is 24.9 Å². The van der Waals surface area contributed by atoms with Crippen LogP contribution in [0.15, 0.2) is 0 Å². The molecule has 25 heavy (non-hydrogen) atoms. The summed E-state index contributed by atoms with van der Waals surface area (Å²) in [7, 11) is -1.14. The van der Waals surface area contributed by atoms with Gasteiger partial charge in [-0.25, -0.2) is 0 Å². The minimum atomic E-state index is -6.87. The van der Waals surface area contributed by atoms with E-state index in [9.17, 15) is 39.5 Å². The van der Waals surface area contributed by atoms with E-state index in [0.29, 0.717) is 0 Å². The highest BCUT2D eigenvalue weighted by molar-refractivity contribution is 7.57. The molecule has 0 amide bonds. The van der Waals surface area contributed by atoms with Gasteiger partial charge in [-0.1, -0.05) is 0 Å². The molecule has 0 atom stereocenters. The Morgan fingerprint density at radius 3 is 1.48 bits per heavy atom. The van der Waals surface area contributed by atoms with Gasteiger partial charge in [0, 0.05) is 19.3 Å². The van der Waals surface area contributed by atoms with Gasteiger partial charge in [0.1, 0.15) is 0 Å². The van der Waals surface area contributed by atoms with Crippen molar-refractivity contribution in [1.82, 2.24) is 0 Å². The number of hydrogen-bond acceptors (Lipinski definition) is 2. The van der Waals surface area contributed by atoms with E-state index in [0.717, 1.165) is 0 Å². The Balaban J connectivity index is 4.95. The van der Waals surface area contributed by atoms with Gasteiger partial charge in [0.15, 0.2) is 0 Å². The second-order valence-corrected chi connectivity index (χ2v) is 7.80. The average molecular weight is 400 g/mol. The lowest BCUT2D eigenvalue weighted by Crippen LogP contribution is -2.60. The Morgan fingerprint density at radius 2 is 1.12 bits per heavy atom. The highest BCUT2D eigenvalue weighted by Gasteiger charge is 2.81. The highest BCUT2D eigenvalue weighted by atomic mass is 31.1. The SMILES string of the molecule is N#CCCP(CCC#N)CCCC(F)(F)C(F)(F)C(F)(F)C(F)(F)F. The number of halogens is 9. The second kappa shape index (κ2) is 8.93. The lowest BCUT2D eigenvalue weighted by atomic mass is 10.00. The van der Waals surface area contributed by atoms with Crippen molar-refractivity contribution >= 4 is 7.92 Å². The number of nitriles is 2. The first-order valence-electron chi connectivity index (χ1n) is 6.91. The first-order valence-corrected chi connectivity index (χ1v) is 8.80. The smallest absolute Gasteiger partial charge is 0.200 e. The number of alkyl halides is 9. The average Bonchev–Trinajstić information content (AvgIpc) is 2.47. The molecule has 0 spiro atoms. The lowest BCUT2D eigenvalue weighted by molar-refractivity contribution is -0.396. The van der Waals surface area contributed by atoms with Crippen molar-refractivity contribution in [3.05, 3.63) is 0 Å². The molecule has 0 radical (unpaired) electrons. The predicted octanol–water partition coefficient (Wildman–Crippen LogP) is 5.54. The molecule has 0 bridgehead atoms. The van der Waals surface area contributed by atoms with Crippen LogP contribution in [0, 0.1) is 22.7 Å². The van der Waals surface area contributed by atoms with Gasteiger partial charge in [0.2, 0.25) is 0 Å². The number of hydrogen-bond donors (Lipinski definition) is 0. The van der Waals surface area contributed by atoms with E-state index in [1.807, 2.05) is 0 Å². The van der Waals surface area contributed by atoms with Crippen LogP contribution >= 0.6 is 7.92 Å². The molecule has 12 heteroatoms. The fraction of sp³-hybridized carbons (Fsp3) is 0.846. The molecule has 0 aliphatic rings. The molecule has 0 aliphatic carbocycles. The van der Waals surface area contributed by atoms with Gasteiger partial charge in [-0.15, -0.1) is 7.92 Å². The molecule has 0 aromatic carbocycles. The van der Waals surface area contributed by atoms with Crippen LogP contribution in [-0.4, -0.2) is 42.4 Å². The predicted molar refractivity (Wildman–Crippen MR) is 72.1 cm³/mol. The Bertz CT molecular complexity index is 487. The third-order valence-electron chi connectivity index (χ3n) is 3.25. The van der Waals surface area contributed by atoms with Crippen molar-refractivity contribution in [3.8, 4) is 12.1 Å². The van der Waals surface area contributed by atoms with Crippen LogP contribution in [0.2, 0.25) is 0 Å². The second-order valence-electron chi connectivity index (χ2n) is 5.11. The molecule has 0 heterocycles. The topological polar surface area (TPSA) is 47.6 Å². The fourth-order valence-electron chi connectivity index (χ4n) is 1.84. The van der Waals surface area contributed by atoms with Gasteiger partial charge >= 0.3 is 23.9 Å². The van der Waals surface area contributed by atoms with Crippen LogP contribution in [0.25, 0.3) is 0 Å². The van der Waals surface area contributed by atoms with Crippen molar-refractivity contribution in [2.45, 2.75) is 49.6 Å². The van der Waals surface area contributed by atoms with Crippen LogP contribution in [0.4, 0.5) is 39.5 Å². The maximum Gasteiger partial charge on any atom is 0.460 e. The van der Waals surface area contributed by atoms with Crippen LogP contribution < -0.4 is 0 Å². The van der Waals surface area contributed by atoms with E-state index >= 15 is 0 Å². The standard InChI is InChI=1S/C13H14F9N2P/c14-10(15,11(16,17)12(18,19)13(20,21)22)4-1-7-25(8-2-5-23)9-3-6-24/h1-4,7-9H2. The molecule has 0 aromatic heterocycles. The maximum atomic E-state index is 13.4. The van der Waals surface area contributed by atoms with E-state index < -0.39 is 44.7 Å².